The number of aliphatic carboxylic acids is 1. The van der Waals surface area contributed by atoms with E-state index >= 15 is 0 Å². The van der Waals surface area contributed by atoms with Gasteiger partial charge in [-0.1, -0.05) is 6.07 Å². The lowest BCUT2D eigenvalue weighted by molar-refractivity contribution is -0.140. The Morgan fingerprint density at radius 1 is 1.27 bits per heavy atom. The van der Waals surface area contributed by atoms with Crippen molar-refractivity contribution in [3.8, 4) is 0 Å². The van der Waals surface area contributed by atoms with Gasteiger partial charge in [0.25, 0.3) is 0 Å². The standard InChI is InChI=1S/C10H8F2O3/c11-7-2-1-6(9(12)4-7)3-8(13)5-10(14)15/h1-2,4H,3,5H2,(H,14,15). The molecule has 0 aliphatic rings. The van der Waals surface area contributed by atoms with Crippen molar-refractivity contribution in [2.75, 3.05) is 0 Å². The van der Waals surface area contributed by atoms with Crippen molar-refractivity contribution >= 4 is 11.8 Å². The highest BCUT2D eigenvalue weighted by Gasteiger charge is 2.11. The van der Waals surface area contributed by atoms with E-state index in [4.69, 9.17) is 5.11 Å². The minimum absolute atomic E-state index is 0.00245. The van der Waals surface area contributed by atoms with E-state index in [0.29, 0.717) is 6.07 Å². The molecule has 0 amide bonds. The van der Waals surface area contributed by atoms with Crippen LogP contribution in [0.25, 0.3) is 0 Å². The first-order valence-corrected chi connectivity index (χ1v) is 4.16. The Hall–Kier alpha value is -1.78. The van der Waals surface area contributed by atoms with Crippen LogP contribution >= 0.6 is 0 Å². The summed E-state index contributed by atoms with van der Waals surface area (Å²) in [6, 6.07) is 2.81. The highest BCUT2D eigenvalue weighted by Crippen LogP contribution is 2.11. The number of carbonyl (C=O) groups is 2. The molecule has 15 heavy (non-hydrogen) atoms. The first kappa shape index (κ1) is 11.3. The summed E-state index contributed by atoms with van der Waals surface area (Å²) in [5, 5.41) is 8.30. The van der Waals surface area contributed by atoms with Crippen LogP contribution in [0.1, 0.15) is 12.0 Å². The second-order valence-electron chi connectivity index (χ2n) is 3.02. The maximum atomic E-state index is 13.0. The molecule has 0 atom stereocenters. The Kier molecular flexibility index (Phi) is 3.49. The maximum absolute atomic E-state index is 13.0. The largest absolute Gasteiger partial charge is 0.481 e. The molecule has 0 aliphatic carbocycles. The zero-order valence-corrected chi connectivity index (χ0v) is 7.67. The van der Waals surface area contributed by atoms with Crippen LogP contribution < -0.4 is 0 Å². The van der Waals surface area contributed by atoms with Crippen LogP contribution in [0.4, 0.5) is 8.78 Å². The molecule has 0 spiro atoms. The average molecular weight is 214 g/mol. The highest BCUT2D eigenvalue weighted by atomic mass is 19.1. The van der Waals surface area contributed by atoms with Crippen LogP contribution in [0.3, 0.4) is 0 Å². The van der Waals surface area contributed by atoms with Crippen molar-refractivity contribution in [3.05, 3.63) is 35.4 Å². The summed E-state index contributed by atoms with van der Waals surface area (Å²) >= 11 is 0. The van der Waals surface area contributed by atoms with Gasteiger partial charge in [-0.25, -0.2) is 8.78 Å². The van der Waals surface area contributed by atoms with Crippen LogP contribution in [0.15, 0.2) is 18.2 Å². The monoisotopic (exact) mass is 214 g/mol. The molecule has 0 saturated carbocycles. The average Bonchev–Trinajstić information content (AvgIpc) is 2.08. The van der Waals surface area contributed by atoms with Crippen LogP contribution in [0.5, 0.6) is 0 Å². The fourth-order valence-electron chi connectivity index (χ4n) is 1.11. The topological polar surface area (TPSA) is 54.4 Å². The van der Waals surface area contributed by atoms with E-state index in [1.165, 1.54) is 0 Å². The molecule has 0 fully saturated rings. The van der Waals surface area contributed by atoms with Gasteiger partial charge in [0.15, 0.2) is 0 Å². The Morgan fingerprint density at radius 2 is 1.93 bits per heavy atom. The number of rotatable bonds is 4. The third-order valence-electron chi connectivity index (χ3n) is 1.75. The van der Waals surface area contributed by atoms with Gasteiger partial charge in [0, 0.05) is 12.5 Å². The first-order valence-electron chi connectivity index (χ1n) is 4.16. The number of Topliss-reactive ketones (excluding diaryl/α,β-unsaturated/α-hetero) is 1. The number of carbonyl (C=O) groups excluding carboxylic acids is 1. The van der Waals surface area contributed by atoms with Crippen molar-refractivity contribution < 1.29 is 23.5 Å². The normalized spacial score (nSPS) is 10.0. The Balaban J connectivity index is 2.72. The molecule has 3 nitrogen and oxygen atoms in total. The van der Waals surface area contributed by atoms with Gasteiger partial charge in [0.05, 0.1) is 0 Å². The third-order valence-corrected chi connectivity index (χ3v) is 1.75. The molecule has 0 aliphatic heterocycles. The number of halogens is 2. The summed E-state index contributed by atoms with van der Waals surface area (Å²) < 4.78 is 25.5. The molecule has 1 rings (SSSR count). The van der Waals surface area contributed by atoms with E-state index in [9.17, 15) is 18.4 Å². The number of benzene rings is 1. The Morgan fingerprint density at radius 3 is 2.47 bits per heavy atom. The summed E-state index contributed by atoms with van der Waals surface area (Å²) in [6.45, 7) is 0. The molecule has 0 bridgehead atoms. The molecule has 0 radical (unpaired) electrons. The fraction of sp³-hybridized carbons (Fsp3) is 0.200. The lowest BCUT2D eigenvalue weighted by Gasteiger charge is -2.01. The van der Waals surface area contributed by atoms with E-state index in [-0.39, 0.29) is 12.0 Å². The van der Waals surface area contributed by atoms with Gasteiger partial charge >= 0.3 is 5.97 Å². The van der Waals surface area contributed by atoms with Gasteiger partial charge in [0.1, 0.15) is 23.8 Å². The molecular weight excluding hydrogens is 206 g/mol. The van der Waals surface area contributed by atoms with Crippen molar-refractivity contribution in [1.82, 2.24) is 0 Å². The quantitative estimate of drug-likeness (QED) is 0.773. The number of carboxylic acid groups (broad SMARTS) is 1. The second kappa shape index (κ2) is 4.63. The van der Waals surface area contributed by atoms with E-state index in [0.717, 1.165) is 12.1 Å². The number of ketones is 1. The number of hydrogen-bond donors (Lipinski definition) is 1. The Bertz CT molecular complexity index is 402. The highest BCUT2D eigenvalue weighted by molar-refractivity contribution is 5.95. The molecular formula is C10H8F2O3. The predicted molar refractivity (Wildman–Crippen MR) is 47.3 cm³/mol. The van der Waals surface area contributed by atoms with Gasteiger partial charge < -0.3 is 5.11 Å². The Labute approximate surface area is 84.3 Å². The second-order valence-corrected chi connectivity index (χ2v) is 3.02. The van der Waals surface area contributed by atoms with E-state index in [1.807, 2.05) is 0 Å². The minimum Gasteiger partial charge on any atom is -0.481 e. The number of carboxylic acids is 1. The van der Waals surface area contributed by atoms with Gasteiger partial charge in [-0.2, -0.15) is 0 Å². The SMILES string of the molecule is O=C(O)CC(=O)Cc1ccc(F)cc1F. The summed E-state index contributed by atoms with van der Waals surface area (Å²) in [5.74, 6) is -3.45. The summed E-state index contributed by atoms with van der Waals surface area (Å²) in [4.78, 5) is 21.2. The van der Waals surface area contributed by atoms with Crippen LogP contribution in [-0.2, 0) is 16.0 Å². The van der Waals surface area contributed by atoms with E-state index in [1.54, 1.807) is 0 Å². The molecule has 0 saturated heterocycles. The maximum Gasteiger partial charge on any atom is 0.310 e. The van der Waals surface area contributed by atoms with Crippen molar-refractivity contribution in [1.29, 1.82) is 0 Å². The molecule has 80 valence electrons. The zero-order valence-electron chi connectivity index (χ0n) is 7.67. The number of hydrogen-bond acceptors (Lipinski definition) is 2. The van der Waals surface area contributed by atoms with Crippen molar-refractivity contribution in [2.24, 2.45) is 0 Å². The predicted octanol–water partition coefficient (Wildman–Crippen LogP) is 1.55. The van der Waals surface area contributed by atoms with Gasteiger partial charge in [-0.05, 0) is 11.6 Å². The van der Waals surface area contributed by atoms with Gasteiger partial charge in [-0.3, -0.25) is 9.59 Å². The molecule has 0 heterocycles. The minimum atomic E-state index is -1.26. The summed E-state index contributed by atoms with van der Waals surface area (Å²) in [6.07, 6.45) is -0.991. The van der Waals surface area contributed by atoms with Crippen LogP contribution in [0, 0.1) is 11.6 Å². The fourth-order valence-corrected chi connectivity index (χ4v) is 1.11. The molecule has 5 heteroatoms. The van der Waals surface area contributed by atoms with Gasteiger partial charge in [0.2, 0.25) is 0 Å². The van der Waals surface area contributed by atoms with Crippen molar-refractivity contribution in [3.63, 3.8) is 0 Å². The molecule has 1 N–H and O–H groups in total. The first-order chi connectivity index (χ1) is 6.99. The third kappa shape index (κ3) is 3.46. The van der Waals surface area contributed by atoms with Crippen LogP contribution in [0.2, 0.25) is 0 Å². The zero-order chi connectivity index (χ0) is 11.4. The van der Waals surface area contributed by atoms with E-state index < -0.39 is 29.8 Å². The molecule has 0 unspecified atom stereocenters. The van der Waals surface area contributed by atoms with Crippen LogP contribution in [-0.4, -0.2) is 16.9 Å². The molecule has 1 aromatic rings. The molecule has 1 aromatic carbocycles. The molecule has 0 aromatic heterocycles. The summed E-state index contributed by atoms with van der Waals surface area (Å²) in [7, 11) is 0. The smallest absolute Gasteiger partial charge is 0.310 e. The van der Waals surface area contributed by atoms with Crippen molar-refractivity contribution in [2.45, 2.75) is 12.8 Å². The summed E-state index contributed by atoms with van der Waals surface area (Å²) in [5.41, 5.74) is 0.00245. The lowest BCUT2D eigenvalue weighted by Crippen LogP contribution is -2.10. The van der Waals surface area contributed by atoms with E-state index in [2.05, 4.69) is 0 Å². The van der Waals surface area contributed by atoms with Gasteiger partial charge in [-0.15, -0.1) is 0 Å². The lowest BCUT2D eigenvalue weighted by atomic mass is 10.1.